The third-order valence-corrected chi connectivity index (χ3v) is 5.93. The van der Waals surface area contributed by atoms with Crippen LogP contribution in [0.2, 0.25) is 5.02 Å². The van der Waals surface area contributed by atoms with Gasteiger partial charge in [0, 0.05) is 23.1 Å². The van der Waals surface area contributed by atoms with E-state index in [0.717, 1.165) is 0 Å². The molecule has 0 aliphatic carbocycles. The van der Waals surface area contributed by atoms with Crippen molar-refractivity contribution in [3.63, 3.8) is 0 Å². The summed E-state index contributed by atoms with van der Waals surface area (Å²) in [6.07, 6.45) is 0.233. The first-order valence-corrected chi connectivity index (χ1v) is 11.2. The monoisotopic (exact) mass is 495 g/mol. The van der Waals surface area contributed by atoms with Gasteiger partial charge in [-0.1, -0.05) is 28.9 Å². The molecule has 1 unspecified atom stereocenters. The Balaban J connectivity index is 1.50. The van der Waals surface area contributed by atoms with Crippen molar-refractivity contribution < 1.29 is 23.6 Å². The van der Waals surface area contributed by atoms with Crippen LogP contribution in [0.4, 0.5) is 4.39 Å². The second-order valence-corrected chi connectivity index (χ2v) is 8.70. The summed E-state index contributed by atoms with van der Waals surface area (Å²) in [5.74, 6) is 0.683. The van der Waals surface area contributed by atoms with E-state index in [0.29, 0.717) is 45.5 Å². The van der Waals surface area contributed by atoms with Crippen LogP contribution in [0, 0.1) is 12.7 Å². The smallest absolute Gasteiger partial charge is 0.257 e. The van der Waals surface area contributed by atoms with Crippen LogP contribution >= 0.6 is 11.6 Å². The Kier molecular flexibility index (Phi) is 6.95. The number of methoxy groups -OCH3 is 1. The molecule has 1 atom stereocenters. The second kappa shape index (κ2) is 9.93. The lowest BCUT2D eigenvalue weighted by Gasteiger charge is -2.24. The number of rotatable bonds is 8. The number of benzene rings is 2. The van der Waals surface area contributed by atoms with E-state index in [-0.39, 0.29) is 23.6 Å². The van der Waals surface area contributed by atoms with Crippen LogP contribution in [0.15, 0.2) is 59.1 Å². The number of hydrogen-bond acceptors (Lipinski definition) is 7. The molecule has 9 heteroatoms. The van der Waals surface area contributed by atoms with Crippen molar-refractivity contribution in [2.75, 3.05) is 7.11 Å². The molecule has 4 rings (SSSR count). The Hall–Kier alpha value is -3.62. The van der Waals surface area contributed by atoms with E-state index in [1.54, 1.807) is 50.2 Å². The summed E-state index contributed by atoms with van der Waals surface area (Å²) in [6, 6.07) is 14.4. The van der Waals surface area contributed by atoms with Crippen LogP contribution in [0.1, 0.15) is 41.6 Å². The number of carbonyl (C=O) groups excluding carboxylic acids is 1. The van der Waals surface area contributed by atoms with Crippen molar-refractivity contribution in [1.82, 2.24) is 15.1 Å². The number of aryl methyl sites for hydroxylation is 1. The number of carbonyl (C=O) groups is 1. The number of ketones is 1. The maximum absolute atomic E-state index is 13.6. The van der Waals surface area contributed by atoms with E-state index in [4.69, 9.17) is 20.9 Å². The van der Waals surface area contributed by atoms with Crippen molar-refractivity contribution in [3.8, 4) is 28.5 Å². The minimum atomic E-state index is -1.40. The number of ether oxygens (including phenoxy) is 1. The fourth-order valence-electron chi connectivity index (χ4n) is 3.60. The van der Waals surface area contributed by atoms with Crippen molar-refractivity contribution in [2.24, 2.45) is 0 Å². The van der Waals surface area contributed by atoms with E-state index in [2.05, 4.69) is 15.1 Å². The average molecular weight is 496 g/mol. The highest BCUT2D eigenvalue weighted by Crippen LogP contribution is 2.34. The highest BCUT2D eigenvalue weighted by atomic mass is 35.5. The minimum absolute atomic E-state index is 0.0469. The van der Waals surface area contributed by atoms with Gasteiger partial charge in [-0.15, -0.1) is 0 Å². The molecule has 0 fully saturated rings. The zero-order chi connectivity index (χ0) is 25.2. The van der Waals surface area contributed by atoms with Crippen LogP contribution in [0.3, 0.4) is 0 Å². The lowest BCUT2D eigenvalue weighted by atomic mass is 9.92. The number of Topliss-reactive ketones (excluding diaryl/α,β-unsaturated/α-hetero) is 1. The summed E-state index contributed by atoms with van der Waals surface area (Å²) in [5, 5.41) is 14.9. The second-order valence-electron chi connectivity index (χ2n) is 8.30. The molecule has 2 aromatic carbocycles. The molecular weight excluding hydrogens is 473 g/mol. The third-order valence-electron chi connectivity index (χ3n) is 5.64. The van der Waals surface area contributed by atoms with Gasteiger partial charge in [0.25, 0.3) is 5.89 Å². The molecule has 180 valence electrons. The highest BCUT2D eigenvalue weighted by Gasteiger charge is 2.27. The molecule has 35 heavy (non-hydrogen) atoms. The third kappa shape index (κ3) is 5.39. The van der Waals surface area contributed by atoms with Crippen LogP contribution < -0.4 is 4.74 Å². The van der Waals surface area contributed by atoms with Gasteiger partial charge in [-0.2, -0.15) is 4.98 Å². The fraction of sp³-hybridized carbons (Fsp3) is 0.231. The molecule has 0 spiro atoms. The summed E-state index contributed by atoms with van der Waals surface area (Å²) < 4.78 is 24.2. The van der Waals surface area contributed by atoms with E-state index in [1.807, 2.05) is 0 Å². The van der Waals surface area contributed by atoms with E-state index in [1.165, 1.54) is 25.3 Å². The number of aromatic nitrogens is 3. The van der Waals surface area contributed by atoms with Crippen LogP contribution in [-0.2, 0) is 5.60 Å². The van der Waals surface area contributed by atoms with Gasteiger partial charge in [-0.05, 0) is 62.7 Å². The summed E-state index contributed by atoms with van der Waals surface area (Å²) in [4.78, 5) is 21.5. The number of nitrogens with zero attached hydrogens (tertiary/aromatic N) is 3. The SMILES string of the molecule is COc1ccc(C(C)(O)CCC(=O)c2ccc(-c3nc(C)no3)cc2)nc1-c1ccc(F)c(Cl)c1. The Bertz CT molecular complexity index is 1370. The van der Waals surface area contributed by atoms with Crippen molar-refractivity contribution >= 4 is 17.4 Å². The minimum Gasteiger partial charge on any atom is -0.494 e. The molecule has 7 nitrogen and oxygen atoms in total. The number of halogens is 2. The first kappa shape index (κ1) is 24.5. The Morgan fingerprint density at radius 1 is 1.11 bits per heavy atom. The predicted octanol–water partition coefficient (Wildman–Crippen LogP) is 5.78. The molecule has 0 saturated heterocycles. The summed E-state index contributed by atoms with van der Waals surface area (Å²) in [6.45, 7) is 3.32. The first-order valence-electron chi connectivity index (χ1n) is 10.8. The molecule has 0 radical (unpaired) electrons. The molecule has 0 bridgehead atoms. The topological polar surface area (TPSA) is 98.3 Å². The number of hydrogen-bond donors (Lipinski definition) is 1. The molecule has 0 saturated carbocycles. The lowest BCUT2D eigenvalue weighted by molar-refractivity contribution is 0.0397. The maximum Gasteiger partial charge on any atom is 0.257 e. The zero-order valence-corrected chi connectivity index (χ0v) is 20.1. The van der Waals surface area contributed by atoms with Crippen LogP contribution in [0.5, 0.6) is 5.75 Å². The Morgan fingerprint density at radius 3 is 2.46 bits per heavy atom. The van der Waals surface area contributed by atoms with Crippen molar-refractivity contribution in [2.45, 2.75) is 32.3 Å². The quantitative estimate of drug-likeness (QED) is 0.309. The largest absolute Gasteiger partial charge is 0.494 e. The summed E-state index contributed by atoms with van der Waals surface area (Å²) in [5.41, 5.74) is 1.12. The van der Waals surface area contributed by atoms with E-state index in [9.17, 15) is 14.3 Å². The number of pyridine rings is 1. The van der Waals surface area contributed by atoms with E-state index < -0.39 is 11.4 Å². The molecule has 2 heterocycles. The number of aliphatic hydroxyl groups is 1. The van der Waals surface area contributed by atoms with Gasteiger partial charge in [0.15, 0.2) is 11.6 Å². The van der Waals surface area contributed by atoms with Crippen molar-refractivity contribution in [3.05, 3.63) is 82.5 Å². The fourth-order valence-corrected chi connectivity index (χ4v) is 3.78. The van der Waals surface area contributed by atoms with Gasteiger partial charge in [-0.3, -0.25) is 4.79 Å². The van der Waals surface area contributed by atoms with Crippen LogP contribution in [-0.4, -0.2) is 33.1 Å². The standard InChI is InChI=1S/C26H23ClFN3O4/c1-15-29-25(35-31-15)17-6-4-16(5-7-17)21(32)12-13-26(2,33)23-11-10-22(34-3)24(30-23)18-8-9-20(28)19(27)14-18/h4-11,14,33H,12-13H2,1-3H3. The van der Waals surface area contributed by atoms with E-state index >= 15 is 0 Å². The molecule has 4 aromatic rings. The van der Waals surface area contributed by atoms with Crippen LogP contribution in [0.25, 0.3) is 22.7 Å². The van der Waals surface area contributed by atoms with Gasteiger partial charge in [0.2, 0.25) is 0 Å². The zero-order valence-electron chi connectivity index (χ0n) is 19.4. The first-order chi connectivity index (χ1) is 16.7. The molecule has 0 aliphatic heterocycles. The maximum atomic E-state index is 13.6. The Labute approximate surface area is 206 Å². The Morgan fingerprint density at radius 2 is 1.83 bits per heavy atom. The van der Waals surface area contributed by atoms with Crippen molar-refractivity contribution in [1.29, 1.82) is 0 Å². The normalized spacial score (nSPS) is 12.9. The average Bonchev–Trinajstić information content (AvgIpc) is 3.30. The molecule has 2 aromatic heterocycles. The predicted molar refractivity (Wildman–Crippen MR) is 129 cm³/mol. The lowest BCUT2D eigenvalue weighted by Crippen LogP contribution is -2.24. The van der Waals surface area contributed by atoms with Gasteiger partial charge >= 0.3 is 0 Å². The molecule has 1 N–H and O–H groups in total. The van der Waals surface area contributed by atoms with Gasteiger partial charge in [-0.25, -0.2) is 9.37 Å². The molecular formula is C26H23ClFN3O4. The van der Waals surface area contributed by atoms with Gasteiger partial charge < -0.3 is 14.4 Å². The van der Waals surface area contributed by atoms with Gasteiger partial charge in [0.05, 0.1) is 17.8 Å². The van der Waals surface area contributed by atoms with Gasteiger partial charge in [0.1, 0.15) is 22.9 Å². The highest BCUT2D eigenvalue weighted by molar-refractivity contribution is 6.31. The molecule has 0 aliphatic rings. The molecule has 0 amide bonds. The summed E-state index contributed by atoms with van der Waals surface area (Å²) in [7, 11) is 1.49. The summed E-state index contributed by atoms with van der Waals surface area (Å²) >= 11 is 5.94.